The summed E-state index contributed by atoms with van der Waals surface area (Å²) in [7, 11) is 0. The van der Waals surface area contributed by atoms with Crippen molar-refractivity contribution in [1.29, 1.82) is 0 Å². The highest BCUT2D eigenvalue weighted by Crippen LogP contribution is 2.04. The lowest BCUT2D eigenvalue weighted by atomic mass is 10.0. The first-order valence-corrected chi connectivity index (χ1v) is 7.00. The number of nitrogens with one attached hydrogen (secondary N) is 1. The van der Waals surface area contributed by atoms with Crippen molar-refractivity contribution in [3.63, 3.8) is 0 Å². The van der Waals surface area contributed by atoms with E-state index in [1.165, 1.54) is 10.6 Å². The molecule has 6 heteroatoms. The van der Waals surface area contributed by atoms with Crippen LogP contribution in [0, 0.1) is 5.92 Å². The van der Waals surface area contributed by atoms with Gasteiger partial charge in [0, 0.05) is 25.0 Å². The van der Waals surface area contributed by atoms with Gasteiger partial charge in [-0.2, -0.15) is 0 Å². The molecule has 21 heavy (non-hydrogen) atoms. The van der Waals surface area contributed by atoms with Crippen molar-refractivity contribution >= 4 is 11.6 Å². The third-order valence-corrected chi connectivity index (χ3v) is 3.23. The first kappa shape index (κ1) is 15.2. The van der Waals surface area contributed by atoms with Crippen LogP contribution in [0.2, 0.25) is 0 Å². The number of carbonyl (C=O) groups excluding carboxylic acids is 1. The zero-order valence-electron chi connectivity index (χ0n) is 12.2. The Morgan fingerprint density at radius 3 is 2.86 bits per heavy atom. The third kappa shape index (κ3) is 3.46. The predicted octanol–water partition coefficient (Wildman–Crippen LogP) is 0.798. The van der Waals surface area contributed by atoms with Gasteiger partial charge in [-0.25, -0.2) is 4.98 Å². The van der Waals surface area contributed by atoms with Crippen molar-refractivity contribution < 1.29 is 4.79 Å². The Hall–Kier alpha value is -2.21. The van der Waals surface area contributed by atoms with E-state index in [0.717, 1.165) is 6.42 Å². The van der Waals surface area contributed by atoms with Gasteiger partial charge in [0.25, 0.3) is 11.5 Å². The summed E-state index contributed by atoms with van der Waals surface area (Å²) in [5, 5.41) is 2.80. The number of aromatic nitrogens is 2. The van der Waals surface area contributed by atoms with Crippen LogP contribution in [0.5, 0.6) is 0 Å². The molecule has 0 aliphatic heterocycles. The highest BCUT2D eigenvalue weighted by Gasteiger charge is 2.17. The quantitative estimate of drug-likeness (QED) is 0.851. The SMILES string of the molecule is CC(C)CC(CN)NC(=O)c1cnc2ccccn2c1=O. The zero-order valence-corrected chi connectivity index (χ0v) is 12.2. The minimum atomic E-state index is -0.429. The molecule has 2 aromatic heterocycles. The van der Waals surface area contributed by atoms with Gasteiger partial charge >= 0.3 is 0 Å². The lowest BCUT2D eigenvalue weighted by Crippen LogP contribution is -2.43. The van der Waals surface area contributed by atoms with Gasteiger partial charge in [-0.3, -0.25) is 14.0 Å². The molecule has 2 aromatic rings. The molecule has 0 saturated carbocycles. The molecular weight excluding hydrogens is 268 g/mol. The summed E-state index contributed by atoms with van der Waals surface area (Å²) in [4.78, 5) is 28.7. The van der Waals surface area contributed by atoms with Crippen molar-refractivity contribution in [3.05, 3.63) is 46.5 Å². The van der Waals surface area contributed by atoms with Gasteiger partial charge in [0.15, 0.2) is 0 Å². The Morgan fingerprint density at radius 2 is 2.19 bits per heavy atom. The van der Waals surface area contributed by atoms with Crippen molar-refractivity contribution in [3.8, 4) is 0 Å². The lowest BCUT2D eigenvalue weighted by Gasteiger charge is -2.18. The van der Waals surface area contributed by atoms with Crippen LogP contribution in [-0.4, -0.2) is 27.9 Å². The summed E-state index contributed by atoms with van der Waals surface area (Å²) in [6.07, 6.45) is 3.68. The summed E-state index contributed by atoms with van der Waals surface area (Å²) in [6.45, 7) is 4.45. The second kappa shape index (κ2) is 6.49. The number of nitrogens with zero attached hydrogens (tertiary/aromatic N) is 2. The number of carbonyl (C=O) groups is 1. The normalized spacial score (nSPS) is 12.6. The molecule has 0 saturated heterocycles. The van der Waals surface area contributed by atoms with E-state index < -0.39 is 5.91 Å². The van der Waals surface area contributed by atoms with Gasteiger partial charge < -0.3 is 11.1 Å². The Balaban J connectivity index is 2.27. The van der Waals surface area contributed by atoms with Gasteiger partial charge in [-0.1, -0.05) is 19.9 Å². The van der Waals surface area contributed by atoms with E-state index in [9.17, 15) is 9.59 Å². The molecule has 0 aromatic carbocycles. The monoisotopic (exact) mass is 288 g/mol. The summed E-state index contributed by atoms with van der Waals surface area (Å²) in [5.74, 6) is -0.0171. The highest BCUT2D eigenvalue weighted by molar-refractivity contribution is 5.93. The average Bonchev–Trinajstić information content (AvgIpc) is 2.46. The first-order chi connectivity index (χ1) is 10.0. The van der Waals surface area contributed by atoms with Crippen molar-refractivity contribution in [2.24, 2.45) is 11.7 Å². The number of fused-ring (bicyclic) bond motifs is 1. The van der Waals surface area contributed by atoms with Crippen LogP contribution >= 0.6 is 0 Å². The summed E-state index contributed by atoms with van der Waals surface area (Å²) < 4.78 is 1.36. The van der Waals surface area contributed by atoms with E-state index in [-0.39, 0.29) is 17.2 Å². The second-order valence-electron chi connectivity index (χ2n) is 5.44. The summed E-state index contributed by atoms with van der Waals surface area (Å²) in [6, 6.07) is 5.08. The molecule has 0 fully saturated rings. The van der Waals surface area contributed by atoms with Gasteiger partial charge in [0.2, 0.25) is 0 Å². The minimum absolute atomic E-state index is 0.0286. The van der Waals surface area contributed by atoms with Crippen LogP contribution in [0.15, 0.2) is 35.4 Å². The second-order valence-corrected chi connectivity index (χ2v) is 5.44. The molecule has 1 unspecified atom stereocenters. The van der Waals surface area contributed by atoms with Crippen LogP contribution < -0.4 is 16.6 Å². The standard InChI is InChI=1S/C15H20N4O2/c1-10(2)7-11(8-16)18-14(20)12-9-17-13-5-3-4-6-19(13)15(12)21/h3-6,9-11H,7-8,16H2,1-2H3,(H,18,20). The fourth-order valence-corrected chi connectivity index (χ4v) is 2.23. The molecule has 3 N–H and O–H groups in total. The molecule has 0 spiro atoms. The fraction of sp³-hybridized carbons (Fsp3) is 0.400. The van der Waals surface area contributed by atoms with E-state index >= 15 is 0 Å². The molecule has 0 aliphatic carbocycles. The molecule has 1 atom stereocenters. The molecular formula is C15H20N4O2. The molecule has 0 bridgehead atoms. The van der Waals surface area contributed by atoms with E-state index in [0.29, 0.717) is 18.1 Å². The molecule has 6 nitrogen and oxygen atoms in total. The van der Waals surface area contributed by atoms with Gasteiger partial charge in [0.1, 0.15) is 11.2 Å². The third-order valence-electron chi connectivity index (χ3n) is 3.23. The van der Waals surface area contributed by atoms with Crippen LogP contribution in [0.1, 0.15) is 30.6 Å². The lowest BCUT2D eigenvalue weighted by molar-refractivity contribution is 0.0931. The molecule has 2 heterocycles. The fourth-order valence-electron chi connectivity index (χ4n) is 2.23. The number of amides is 1. The van der Waals surface area contributed by atoms with Crippen LogP contribution in [0.4, 0.5) is 0 Å². The number of pyridine rings is 1. The van der Waals surface area contributed by atoms with Crippen molar-refractivity contribution in [2.75, 3.05) is 6.54 Å². The van der Waals surface area contributed by atoms with Gasteiger partial charge in [-0.05, 0) is 24.5 Å². The smallest absolute Gasteiger partial charge is 0.270 e. The Morgan fingerprint density at radius 1 is 1.43 bits per heavy atom. The van der Waals surface area contributed by atoms with E-state index in [1.807, 2.05) is 0 Å². The number of rotatable bonds is 5. The largest absolute Gasteiger partial charge is 0.348 e. The maximum absolute atomic E-state index is 12.3. The topological polar surface area (TPSA) is 89.5 Å². The Kier molecular flexibility index (Phi) is 4.70. The first-order valence-electron chi connectivity index (χ1n) is 7.00. The average molecular weight is 288 g/mol. The van der Waals surface area contributed by atoms with E-state index in [4.69, 9.17) is 5.73 Å². The highest BCUT2D eigenvalue weighted by atomic mass is 16.2. The molecule has 1 amide bonds. The Labute approximate surface area is 123 Å². The maximum Gasteiger partial charge on any atom is 0.270 e. The zero-order chi connectivity index (χ0) is 15.4. The van der Waals surface area contributed by atoms with Gasteiger partial charge in [0.05, 0.1) is 0 Å². The van der Waals surface area contributed by atoms with Crippen LogP contribution in [0.25, 0.3) is 5.65 Å². The van der Waals surface area contributed by atoms with Crippen molar-refractivity contribution in [2.45, 2.75) is 26.3 Å². The predicted molar refractivity (Wildman–Crippen MR) is 81.2 cm³/mol. The Bertz CT molecular complexity index is 693. The maximum atomic E-state index is 12.3. The molecule has 0 aliphatic rings. The molecule has 112 valence electrons. The van der Waals surface area contributed by atoms with E-state index in [1.54, 1.807) is 24.4 Å². The van der Waals surface area contributed by atoms with Crippen LogP contribution in [-0.2, 0) is 0 Å². The number of hydrogen-bond donors (Lipinski definition) is 2. The number of nitrogens with two attached hydrogens (primary N) is 1. The minimum Gasteiger partial charge on any atom is -0.348 e. The summed E-state index contributed by atoms with van der Waals surface area (Å²) in [5.41, 5.74) is 5.83. The molecule has 2 rings (SSSR count). The molecule has 0 radical (unpaired) electrons. The van der Waals surface area contributed by atoms with E-state index in [2.05, 4.69) is 24.1 Å². The van der Waals surface area contributed by atoms with Crippen LogP contribution in [0.3, 0.4) is 0 Å². The van der Waals surface area contributed by atoms with Crippen molar-refractivity contribution in [1.82, 2.24) is 14.7 Å². The number of hydrogen-bond acceptors (Lipinski definition) is 4. The summed E-state index contributed by atoms with van der Waals surface area (Å²) >= 11 is 0. The van der Waals surface area contributed by atoms with Gasteiger partial charge in [-0.15, -0.1) is 0 Å².